The maximum Gasteiger partial charge on any atom is 0.203 e. The Balaban J connectivity index is 0.000000810. The quantitative estimate of drug-likeness (QED) is 0.505. The van der Waals surface area contributed by atoms with Gasteiger partial charge in [-0.2, -0.15) is 0 Å². The molecule has 1 aromatic rings. The lowest BCUT2D eigenvalue weighted by Crippen LogP contribution is -2.07. The first kappa shape index (κ1) is 14.4. The van der Waals surface area contributed by atoms with Crippen LogP contribution in [0.15, 0.2) is 41.2 Å². The Hall–Kier alpha value is -1.69. The molecule has 0 saturated heterocycles. The molecule has 2 aliphatic rings. The van der Waals surface area contributed by atoms with Crippen LogP contribution >= 0.6 is 23.7 Å². The maximum atomic E-state index is 11.4. The Bertz CT molecular complexity index is 714. The van der Waals surface area contributed by atoms with Gasteiger partial charge in [-0.3, -0.25) is 4.79 Å². The molecule has 1 aliphatic heterocycles. The monoisotopic (exact) mass is 282 g/mol. The number of nitrogen functional groups attached to an aromatic ring is 1. The first-order chi connectivity index (χ1) is 7.74. The first-order valence-corrected chi connectivity index (χ1v) is 5.65. The molecule has 0 unspecified atom stereocenters. The summed E-state index contributed by atoms with van der Waals surface area (Å²) in [6, 6.07) is 11.0. The molecule has 1 aliphatic carbocycles. The van der Waals surface area contributed by atoms with Crippen molar-refractivity contribution in [3.05, 3.63) is 46.6 Å². The van der Waals surface area contributed by atoms with Crippen molar-refractivity contribution in [1.82, 2.24) is 4.98 Å². The summed E-state index contributed by atoms with van der Waals surface area (Å²) in [7, 11) is 0. The topological polar surface area (TPSA) is 87.5 Å². The first-order valence-electron chi connectivity index (χ1n) is 4.83. The fourth-order valence-corrected chi connectivity index (χ4v) is 2.60. The lowest BCUT2D eigenvalue weighted by molar-refractivity contribution is 0.824. The molecule has 4 nitrogen and oxygen atoms in total. The van der Waals surface area contributed by atoms with Gasteiger partial charge in [-0.1, -0.05) is 12.1 Å². The van der Waals surface area contributed by atoms with E-state index in [9.17, 15) is 4.79 Å². The molecule has 3 rings (SSSR count). The summed E-state index contributed by atoms with van der Waals surface area (Å²) in [4.78, 5) is 16.8. The predicted octanol–water partition coefficient (Wildman–Crippen LogP) is 1.94. The maximum absolute atomic E-state index is 11.4. The van der Waals surface area contributed by atoms with Crippen LogP contribution in [0.25, 0.3) is 20.8 Å². The normalized spacial score (nSPS) is 9.78. The number of rotatable bonds is 0. The van der Waals surface area contributed by atoms with Crippen molar-refractivity contribution in [2.24, 2.45) is 0 Å². The summed E-state index contributed by atoms with van der Waals surface area (Å²) in [5.74, 6) is 0. The lowest BCUT2D eigenvalue weighted by atomic mass is 10.2. The minimum absolute atomic E-state index is 0. The highest BCUT2D eigenvalue weighted by molar-refractivity contribution is 7.21. The molecule has 0 aromatic heterocycles. The zero-order valence-corrected chi connectivity index (χ0v) is 10.8. The number of benzene rings is 2. The van der Waals surface area contributed by atoms with Gasteiger partial charge < -0.3 is 11.2 Å². The summed E-state index contributed by atoms with van der Waals surface area (Å²) in [5.41, 5.74) is 7.40. The molecule has 0 spiro atoms. The lowest BCUT2D eigenvalue weighted by Gasteiger charge is -2.05. The smallest absolute Gasteiger partial charge is 0.203 e. The average Bonchev–Trinajstić information content (AvgIpc) is 2.28. The van der Waals surface area contributed by atoms with Crippen molar-refractivity contribution in [1.29, 1.82) is 0 Å². The Morgan fingerprint density at radius 3 is 2.67 bits per heavy atom. The third-order valence-corrected chi connectivity index (χ3v) is 3.53. The molecule has 4 N–H and O–H groups in total. The predicted molar refractivity (Wildman–Crippen MR) is 77.8 cm³/mol. The van der Waals surface area contributed by atoms with Crippen LogP contribution in [-0.2, 0) is 0 Å². The Kier molecular flexibility index (Phi) is 4.24. The number of nitrogens with zero attached hydrogens (tertiary/aromatic N) is 1. The van der Waals surface area contributed by atoms with Crippen molar-refractivity contribution < 1.29 is 5.48 Å². The SMILES string of the molecule is Cl.Nc1cc2nc3ccccc3sc-2cc1=O.O. The number of aromatic nitrogens is 1. The van der Waals surface area contributed by atoms with Gasteiger partial charge in [0.1, 0.15) is 0 Å². The molecule has 1 aromatic carbocycles. The van der Waals surface area contributed by atoms with Crippen molar-refractivity contribution in [2.75, 3.05) is 5.73 Å². The van der Waals surface area contributed by atoms with E-state index in [1.807, 2.05) is 24.3 Å². The number of fused-ring (bicyclic) bond motifs is 2. The van der Waals surface area contributed by atoms with Gasteiger partial charge in [0.05, 0.1) is 26.5 Å². The number of halogens is 1. The van der Waals surface area contributed by atoms with E-state index in [4.69, 9.17) is 5.73 Å². The second-order valence-electron chi connectivity index (χ2n) is 3.54. The standard InChI is InChI=1S/C12H8N2OS.ClH.H2O/c13-7-5-9-12(6-10(7)15)16-11-4-2-1-3-8(11)14-9;;/h1-6H,13H2;1H;1H2. The minimum Gasteiger partial charge on any atom is -0.412 e. The van der Waals surface area contributed by atoms with Crippen molar-refractivity contribution in [3.63, 3.8) is 0 Å². The molecule has 6 heteroatoms. The molecule has 0 amide bonds. The molecule has 1 heterocycles. The number of para-hydroxylation sites is 1. The van der Waals surface area contributed by atoms with Crippen LogP contribution < -0.4 is 11.2 Å². The molecule has 0 saturated carbocycles. The van der Waals surface area contributed by atoms with E-state index in [-0.39, 0.29) is 29.0 Å². The van der Waals surface area contributed by atoms with Crippen molar-refractivity contribution in [3.8, 4) is 10.6 Å². The molecular formula is C12H11ClN2O2S. The second-order valence-corrected chi connectivity index (χ2v) is 4.62. The number of hydrogen-bond acceptors (Lipinski definition) is 4. The summed E-state index contributed by atoms with van der Waals surface area (Å²) >= 11 is 1.56. The van der Waals surface area contributed by atoms with Gasteiger partial charge in [-0.05, 0) is 18.2 Å². The van der Waals surface area contributed by atoms with Gasteiger partial charge in [0.15, 0.2) is 0 Å². The van der Waals surface area contributed by atoms with Crippen LogP contribution in [0, 0.1) is 0 Å². The van der Waals surface area contributed by atoms with E-state index in [1.54, 1.807) is 23.5 Å². The highest BCUT2D eigenvalue weighted by Gasteiger charge is 2.09. The highest BCUT2D eigenvalue weighted by atomic mass is 35.5. The number of anilines is 1. The Labute approximate surface area is 113 Å². The van der Waals surface area contributed by atoms with Crippen molar-refractivity contribution in [2.45, 2.75) is 0 Å². The average molecular weight is 283 g/mol. The van der Waals surface area contributed by atoms with Gasteiger partial charge in [-0.25, -0.2) is 4.98 Å². The fraction of sp³-hybridized carbons (Fsp3) is 0. The van der Waals surface area contributed by atoms with E-state index in [0.717, 1.165) is 20.8 Å². The molecule has 0 bridgehead atoms. The van der Waals surface area contributed by atoms with Crippen LogP contribution in [0.3, 0.4) is 0 Å². The van der Waals surface area contributed by atoms with Gasteiger partial charge >= 0.3 is 0 Å². The van der Waals surface area contributed by atoms with Crippen LogP contribution in [0.4, 0.5) is 5.69 Å². The summed E-state index contributed by atoms with van der Waals surface area (Å²) < 4.78 is 1.07. The van der Waals surface area contributed by atoms with E-state index in [2.05, 4.69) is 4.98 Å². The van der Waals surface area contributed by atoms with Gasteiger partial charge in [-0.15, -0.1) is 23.7 Å². The highest BCUT2D eigenvalue weighted by Crippen LogP contribution is 2.29. The largest absolute Gasteiger partial charge is 0.412 e. The van der Waals surface area contributed by atoms with Gasteiger partial charge in [0.25, 0.3) is 0 Å². The van der Waals surface area contributed by atoms with Crippen LogP contribution in [-0.4, -0.2) is 10.5 Å². The molecule has 18 heavy (non-hydrogen) atoms. The number of nitrogens with two attached hydrogens (primary N) is 1. The third-order valence-electron chi connectivity index (χ3n) is 2.42. The van der Waals surface area contributed by atoms with Crippen LogP contribution in [0.5, 0.6) is 0 Å². The fourth-order valence-electron chi connectivity index (χ4n) is 1.62. The van der Waals surface area contributed by atoms with Crippen LogP contribution in [0.2, 0.25) is 0 Å². The zero-order chi connectivity index (χ0) is 11.1. The molecule has 0 atom stereocenters. The zero-order valence-electron chi connectivity index (χ0n) is 9.21. The molecular weight excluding hydrogens is 272 g/mol. The van der Waals surface area contributed by atoms with Gasteiger partial charge in [0.2, 0.25) is 5.43 Å². The van der Waals surface area contributed by atoms with E-state index < -0.39 is 0 Å². The van der Waals surface area contributed by atoms with Crippen LogP contribution in [0.1, 0.15) is 0 Å². The third kappa shape index (κ3) is 2.28. The molecule has 94 valence electrons. The summed E-state index contributed by atoms with van der Waals surface area (Å²) in [6.07, 6.45) is 0. The number of hydrogen-bond donors (Lipinski definition) is 1. The Morgan fingerprint density at radius 2 is 1.89 bits per heavy atom. The van der Waals surface area contributed by atoms with Gasteiger partial charge in [0, 0.05) is 6.07 Å². The second kappa shape index (κ2) is 5.30. The van der Waals surface area contributed by atoms with E-state index >= 15 is 0 Å². The molecule has 0 fully saturated rings. The minimum atomic E-state index is -0.138. The van der Waals surface area contributed by atoms with Crippen molar-refractivity contribution >= 4 is 39.6 Å². The summed E-state index contributed by atoms with van der Waals surface area (Å²) in [5, 5.41) is 0. The molecule has 0 radical (unpaired) electrons. The van der Waals surface area contributed by atoms with E-state index in [1.165, 1.54) is 0 Å². The van der Waals surface area contributed by atoms with E-state index in [0.29, 0.717) is 0 Å². The Morgan fingerprint density at radius 1 is 1.17 bits per heavy atom. The summed E-state index contributed by atoms with van der Waals surface area (Å²) in [6.45, 7) is 0.